The second-order valence-corrected chi connectivity index (χ2v) is 3.59. The van der Waals surface area contributed by atoms with Crippen molar-refractivity contribution < 1.29 is 9.90 Å². The van der Waals surface area contributed by atoms with E-state index in [0.29, 0.717) is 13.1 Å². The molecule has 0 heterocycles. The number of aromatic hydroxyl groups is 1. The molecule has 0 saturated heterocycles. The van der Waals surface area contributed by atoms with Gasteiger partial charge in [-0.1, -0.05) is 12.6 Å². The number of likely N-dealkylation sites (N-methyl/N-ethyl adjacent to an activating group) is 1. The molecule has 2 N–H and O–H groups in total. The molecule has 92 valence electrons. The molecule has 0 spiro atoms. The molecular formula is C13H18N2O2. The number of nitrogens with one attached hydrogen (secondary N) is 1. The number of nitrogens with zero attached hydrogens (tertiary/aromatic N) is 1. The number of rotatable bonds is 6. The summed E-state index contributed by atoms with van der Waals surface area (Å²) < 4.78 is 0. The minimum absolute atomic E-state index is 0.169. The van der Waals surface area contributed by atoms with Crippen molar-refractivity contribution in [2.75, 3.05) is 24.5 Å². The summed E-state index contributed by atoms with van der Waals surface area (Å²) in [5.74, 6) is 0.0769. The molecule has 0 saturated carbocycles. The number of carbonyl (C=O) groups is 1. The molecular weight excluding hydrogens is 216 g/mol. The third kappa shape index (κ3) is 4.18. The highest BCUT2D eigenvalue weighted by molar-refractivity contribution is 5.86. The molecule has 0 aromatic heterocycles. The summed E-state index contributed by atoms with van der Waals surface area (Å²) in [4.78, 5) is 13.1. The molecule has 0 aliphatic carbocycles. The Morgan fingerprint density at radius 2 is 2.35 bits per heavy atom. The van der Waals surface area contributed by atoms with Gasteiger partial charge in [0.05, 0.1) is 0 Å². The Hall–Kier alpha value is -1.97. The van der Waals surface area contributed by atoms with E-state index in [-0.39, 0.29) is 11.7 Å². The zero-order chi connectivity index (χ0) is 12.7. The Balaban J connectivity index is 2.54. The van der Waals surface area contributed by atoms with Crippen LogP contribution in [-0.4, -0.2) is 30.6 Å². The van der Waals surface area contributed by atoms with Gasteiger partial charge in [0.25, 0.3) is 0 Å². The molecule has 0 aliphatic rings. The SMILES string of the molecule is C=CC(=O)NCCN(CC)c1cccc(O)c1. The van der Waals surface area contributed by atoms with Crippen molar-refractivity contribution >= 4 is 11.6 Å². The van der Waals surface area contributed by atoms with Crippen LogP contribution in [0.25, 0.3) is 0 Å². The second kappa shape index (κ2) is 6.58. The van der Waals surface area contributed by atoms with Crippen LogP contribution in [0, 0.1) is 0 Å². The Morgan fingerprint density at radius 3 is 2.94 bits per heavy atom. The maximum atomic E-state index is 11.0. The van der Waals surface area contributed by atoms with E-state index >= 15 is 0 Å². The first-order chi connectivity index (χ1) is 8.17. The average molecular weight is 234 g/mol. The summed E-state index contributed by atoms with van der Waals surface area (Å²) in [6, 6.07) is 7.07. The van der Waals surface area contributed by atoms with Gasteiger partial charge in [0.15, 0.2) is 0 Å². The van der Waals surface area contributed by atoms with Crippen molar-refractivity contribution in [3.8, 4) is 5.75 Å². The molecule has 1 amide bonds. The van der Waals surface area contributed by atoms with Gasteiger partial charge in [0, 0.05) is 31.4 Å². The Morgan fingerprint density at radius 1 is 1.59 bits per heavy atom. The lowest BCUT2D eigenvalue weighted by atomic mass is 10.2. The Kier molecular flexibility index (Phi) is 5.07. The monoisotopic (exact) mass is 234 g/mol. The molecule has 0 radical (unpaired) electrons. The number of hydrogen-bond donors (Lipinski definition) is 2. The fourth-order valence-corrected chi connectivity index (χ4v) is 1.55. The van der Waals surface area contributed by atoms with Crippen LogP contribution in [-0.2, 0) is 4.79 Å². The van der Waals surface area contributed by atoms with Gasteiger partial charge in [-0.2, -0.15) is 0 Å². The zero-order valence-electron chi connectivity index (χ0n) is 10.0. The number of phenolic OH excluding ortho intramolecular Hbond substituents is 1. The van der Waals surface area contributed by atoms with Crippen LogP contribution in [0.5, 0.6) is 5.75 Å². The summed E-state index contributed by atoms with van der Waals surface area (Å²) in [6.07, 6.45) is 1.25. The van der Waals surface area contributed by atoms with Gasteiger partial charge in [0.1, 0.15) is 5.75 Å². The summed E-state index contributed by atoms with van der Waals surface area (Å²) >= 11 is 0. The van der Waals surface area contributed by atoms with Crippen LogP contribution in [0.1, 0.15) is 6.92 Å². The predicted molar refractivity (Wildman–Crippen MR) is 69.2 cm³/mol. The third-order valence-corrected chi connectivity index (χ3v) is 2.44. The standard InChI is InChI=1S/C13H18N2O2/c1-3-13(17)14-8-9-15(4-2)11-6-5-7-12(16)10-11/h3,5-7,10,16H,1,4,8-9H2,2H3,(H,14,17). The largest absolute Gasteiger partial charge is 0.508 e. The summed E-state index contributed by atoms with van der Waals surface area (Å²) in [5, 5.41) is 12.1. The maximum absolute atomic E-state index is 11.0. The van der Waals surface area contributed by atoms with E-state index in [0.717, 1.165) is 12.2 Å². The summed E-state index contributed by atoms with van der Waals surface area (Å²) in [6.45, 7) is 7.47. The zero-order valence-corrected chi connectivity index (χ0v) is 10.0. The molecule has 4 nitrogen and oxygen atoms in total. The molecule has 1 aromatic carbocycles. The van der Waals surface area contributed by atoms with E-state index in [9.17, 15) is 9.90 Å². The lowest BCUT2D eigenvalue weighted by Gasteiger charge is -2.23. The smallest absolute Gasteiger partial charge is 0.243 e. The molecule has 4 heteroatoms. The van der Waals surface area contributed by atoms with Crippen LogP contribution in [0.2, 0.25) is 0 Å². The summed E-state index contributed by atoms with van der Waals surface area (Å²) in [5.41, 5.74) is 0.945. The second-order valence-electron chi connectivity index (χ2n) is 3.59. The van der Waals surface area contributed by atoms with E-state index in [1.54, 1.807) is 18.2 Å². The average Bonchev–Trinajstić information content (AvgIpc) is 2.34. The molecule has 1 rings (SSSR count). The van der Waals surface area contributed by atoms with Gasteiger partial charge in [-0.3, -0.25) is 4.79 Å². The topological polar surface area (TPSA) is 52.6 Å². The first-order valence-corrected chi connectivity index (χ1v) is 5.61. The fourth-order valence-electron chi connectivity index (χ4n) is 1.55. The van der Waals surface area contributed by atoms with Crippen LogP contribution >= 0.6 is 0 Å². The Labute approximate surface area is 102 Å². The van der Waals surface area contributed by atoms with E-state index in [1.807, 2.05) is 13.0 Å². The van der Waals surface area contributed by atoms with Crippen molar-refractivity contribution in [3.63, 3.8) is 0 Å². The van der Waals surface area contributed by atoms with E-state index in [2.05, 4.69) is 16.8 Å². The maximum Gasteiger partial charge on any atom is 0.243 e. The third-order valence-electron chi connectivity index (χ3n) is 2.44. The minimum Gasteiger partial charge on any atom is -0.508 e. The molecule has 17 heavy (non-hydrogen) atoms. The highest BCUT2D eigenvalue weighted by Gasteiger charge is 2.04. The van der Waals surface area contributed by atoms with Crippen molar-refractivity contribution in [2.45, 2.75) is 6.92 Å². The molecule has 0 unspecified atom stereocenters. The van der Waals surface area contributed by atoms with Crippen molar-refractivity contribution in [1.82, 2.24) is 5.32 Å². The van der Waals surface area contributed by atoms with Gasteiger partial charge in [-0.05, 0) is 25.1 Å². The molecule has 0 fully saturated rings. The number of benzene rings is 1. The number of carbonyl (C=O) groups excluding carboxylic acids is 1. The number of phenols is 1. The van der Waals surface area contributed by atoms with Gasteiger partial charge in [0.2, 0.25) is 5.91 Å². The van der Waals surface area contributed by atoms with Gasteiger partial charge in [-0.25, -0.2) is 0 Å². The van der Waals surface area contributed by atoms with Gasteiger partial charge < -0.3 is 15.3 Å². The highest BCUT2D eigenvalue weighted by atomic mass is 16.3. The van der Waals surface area contributed by atoms with Gasteiger partial charge in [-0.15, -0.1) is 0 Å². The fraction of sp³-hybridized carbons (Fsp3) is 0.308. The van der Waals surface area contributed by atoms with Gasteiger partial charge >= 0.3 is 0 Å². The lowest BCUT2D eigenvalue weighted by Crippen LogP contribution is -2.34. The first-order valence-electron chi connectivity index (χ1n) is 5.61. The quantitative estimate of drug-likeness (QED) is 0.734. The highest BCUT2D eigenvalue weighted by Crippen LogP contribution is 2.19. The number of hydrogen-bond acceptors (Lipinski definition) is 3. The molecule has 0 bridgehead atoms. The summed E-state index contributed by atoms with van der Waals surface area (Å²) in [7, 11) is 0. The van der Waals surface area contributed by atoms with Crippen LogP contribution in [0.4, 0.5) is 5.69 Å². The van der Waals surface area contributed by atoms with E-state index in [4.69, 9.17) is 0 Å². The van der Waals surface area contributed by atoms with Crippen LogP contribution in [0.15, 0.2) is 36.9 Å². The van der Waals surface area contributed by atoms with Crippen LogP contribution < -0.4 is 10.2 Å². The molecule has 1 aromatic rings. The van der Waals surface area contributed by atoms with Crippen LogP contribution in [0.3, 0.4) is 0 Å². The molecule has 0 aliphatic heterocycles. The normalized spacial score (nSPS) is 9.71. The van der Waals surface area contributed by atoms with Crippen molar-refractivity contribution in [3.05, 3.63) is 36.9 Å². The number of amides is 1. The number of anilines is 1. The first kappa shape index (κ1) is 13.1. The predicted octanol–water partition coefficient (Wildman–Crippen LogP) is 1.52. The van der Waals surface area contributed by atoms with E-state index in [1.165, 1.54) is 6.08 Å². The minimum atomic E-state index is -0.169. The molecule has 0 atom stereocenters. The van der Waals surface area contributed by atoms with Crippen molar-refractivity contribution in [2.24, 2.45) is 0 Å². The van der Waals surface area contributed by atoms with Crippen molar-refractivity contribution in [1.29, 1.82) is 0 Å². The lowest BCUT2D eigenvalue weighted by molar-refractivity contribution is -0.116. The van der Waals surface area contributed by atoms with E-state index < -0.39 is 0 Å². The Bertz CT molecular complexity index is 391.